The van der Waals surface area contributed by atoms with Crippen molar-refractivity contribution in [3.05, 3.63) is 40.5 Å². The van der Waals surface area contributed by atoms with Gasteiger partial charge in [-0.3, -0.25) is 0 Å². The van der Waals surface area contributed by atoms with E-state index < -0.39 is 0 Å². The Bertz CT molecular complexity index is 828. The van der Waals surface area contributed by atoms with Crippen LogP contribution in [0.1, 0.15) is 41.5 Å². The Morgan fingerprint density at radius 3 is 2.52 bits per heavy atom. The second-order valence-electron chi connectivity index (χ2n) is 6.62. The monoisotopic (exact) mass is 342 g/mol. The Labute approximate surface area is 146 Å². The van der Waals surface area contributed by atoms with Gasteiger partial charge in [-0.15, -0.1) is 0 Å². The van der Waals surface area contributed by atoms with Crippen LogP contribution in [0.15, 0.2) is 18.2 Å². The molecule has 0 bridgehead atoms. The van der Waals surface area contributed by atoms with Gasteiger partial charge in [-0.25, -0.2) is 0 Å². The third-order valence-corrected chi connectivity index (χ3v) is 5.31. The van der Waals surface area contributed by atoms with E-state index in [-0.39, 0.29) is 20.0 Å². The second kappa shape index (κ2) is 6.24. The van der Waals surface area contributed by atoms with Crippen LogP contribution in [0.3, 0.4) is 0 Å². The van der Waals surface area contributed by atoms with Gasteiger partial charge < -0.3 is 24.4 Å². The average molecular weight is 342 g/mol. The van der Waals surface area contributed by atoms with E-state index in [2.05, 4.69) is 13.0 Å². The van der Waals surface area contributed by atoms with Crippen molar-refractivity contribution < 1.29 is 24.4 Å². The summed E-state index contributed by atoms with van der Waals surface area (Å²) in [6.07, 6.45) is 1.82. The Kier molecular flexibility index (Phi) is 4.06. The van der Waals surface area contributed by atoms with Crippen LogP contribution in [-0.4, -0.2) is 24.1 Å². The highest BCUT2D eigenvalue weighted by Gasteiger charge is 2.28. The van der Waals surface area contributed by atoms with Crippen LogP contribution in [-0.2, 0) is 19.6 Å². The van der Waals surface area contributed by atoms with Crippen LogP contribution in [0.5, 0.6) is 17.2 Å². The molecule has 0 radical (unpaired) electrons. The smallest absolute Gasteiger partial charge is 0.231 e. The summed E-state index contributed by atoms with van der Waals surface area (Å²) in [5, 5.41) is 19.6. The van der Waals surface area contributed by atoms with Crippen molar-refractivity contribution >= 4 is 0 Å². The van der Waals surface area contributed by atoms with Crippen molar-refractivity contribution in [2.24, 2.45) is 0 Å². The fraction of sp³-hybridized carbons (Fsp3) is 0.400. The largest absolute Gasteiger partial charge is 0.496 e. The van der Waals surface area contributed by atoms with Gasteiger partial charge in [0.2, 0.25) is 6.79 Å². The predicted molar refractivity (Wildman–Crippen MR) is 93.1 cm³/mol. The highest BCUT2D eigenvalue weighted by Crippen LogP contribution is 2.48. The van der Waals surface area contributed by atoms with Crippen LogP contribution >= 0.6 is 0 Å². The predicted octanol–water partition coefficient (Wildman–Crippen LogP) is 3.13. The molecular weight excluding hydrogens is 320 g/mol. The van der Waals surface area contributed by atoms with Gasteiger partial charge in [0.1, 0.15) is 5.75 Å². The molecule has 1 heterocycles. The van der Waals surface area contributed by atoms with E-state index in [1.165, 1.54) is 5.56 Å². The molecule has 0 fully saturated rings. The molecule has 0 saturated heterocycles. The molecule has 0 unspecified atom stereocenters. The first-order chi connectivity index (χ1) is 12.2. The summed E-state index contributed by atoms with van der Waals surface area (Å²) < 4.78 is 16.8. The number of hydrogen-bond acceptors (Lipinski definition) is 5. The fourth-order valence-electron chi connectivity index (χ4n) is 3.96. The third-order valence-electron chi connectivity index (χ3n) is 5.31. The number of benzene rings is 2. The summed E-state index contributed by atoms with van der Waals surface area (Å²) in [5.74, 6) is 2.57. The van der Waals surface area contributed by atoms with E-state index in [0.29, 0.717) is 22.8 Å². The highest BCUT2D eigenvalue weighted by molar-refractivity contribution is 5.79. The molecule has 132 valence electrons. The lowest BCUT2D eigenvalue weighted by Crippen LogP contribution is -2.04. The minimum absolute atomic E-state index is 0.144. The number of aliphatic hydroxyl groups is 2. The van der Waals surface area contributed by atoms with E-state index in [9.17, 15) is 10.2 Å². The van der Waals surface area contributed by atoms with Gasteiger partial charge in [0.25, 0.3) is 0 Å². The molecular formula is C20H22O5. The minimum atomic E-state index is -0.157. The topological polar surface area (TPSA) is 68.2 Å². The maximum absolute atomic E-state index is 9.78. The quantitative estimate of drug-likeness (QED) is 0.897. The normalized spacial score (nSPS) is 17.7. The van der Waals surface area contributed by atoms with Gasteiger partial charge in [-0.1, -0.05) is 6.92 Å². The van der Waals surface area contributed by atoms with Gasteiger partial charge in [-0.05, 0) is 59.2 Å². The number of methoxy groups -OCH3 is 1. The molecule has 2 aromatic rings. The summed E-state index contributed by atoms with van der Waals surface area (Å²) in [6.45, 7) is 2.15. The molecule has 0 spiro atoms. The lowest BCUT2D eigenvalue weighted by atomic mass is 9.89. The molecule has 1 aliphatic carbocycles. The molecule has 4 rings (SSSR count). The molecule has 1 aliphatic heterocycles. The first kappa shape index (κ1) is 16.2. The van der Waals surface area contributed by atoms with Crippen molar-refractivity contribution in [2.75, 3.05) is 13.9 Å². The van der Waals surface area contributed by atoms with Crippen LogP contribution in [0.2, 0.25) is 0 Å². The summed E-state index contributed by atoms with van der Waals surface area (Å²) in [7, 11) is 1.62. The van der Waals surface area contributed by atoms with Crippen molar-refractivity contribution in [1.82, 2.24) is 0 Å². The molecule has 0 amide bonds. The lowest BCUT2D eigenvalue weighted by molar-refractivity contribution is 0.174. The maximum Gasteiger partial charge on any atom is 0.231 e. The molecule has 0 saturated carbocycles. The third kappa shape index (κ3) is 2.46. The standard InChI is InChI=1S/C20H22O5/c1-11-3-4-13-15(5-12(8-21)17(9-22)20(13)23-2)16-7-19-18(6-14(11)16)24-10-25-19/h5-7,11,21-22H,3-4,8-10H2,1-2H3/t11-/m0/s1. The van der Waals surface area contributed by atoms with Gasteiger partial charge in [0, 0.05) is 11.1 Å². The zero-order valence-corrected chi connectivity index (χ0v) is 14.5. The van der Waals surface area contributed by atoms with Crippen molar-refractivity contribution in [1.29, 1.82) is 0 Å². The molecule has 25 heavy (non-hydrogen) atoms. The van der Waals surface area contributed by atoms with Crippen LogP contribution in [0.4, 0.5) is 0 Å². The summed E-state index contributed by atoms with van der Waals surface area (Å²) >= 11 is 0. The minimum Gasteiger partial charge on any atom is -0.496 e. The van der Waals surface area contributed by atoms with Gasteiger partial charge in [-0.2, -0.15) is 0 Å². The first-order valence-electron chi connectivity index (χ1n) is 8.55. The maximum atomic E-state index is 9.78. The Balaban J connectivity index is 2.02. The molecule has 2 N–H and O–H groups in total. The number of ether oxygens (including phenoxy) is 3. The number of fused-ring (bicyclic) bond motifs is 4. The van der Waals surface area contributed by atoms with Crippen LogP contribution < -0.4 is 14.2 Å². The molecule has 0 aromatic heterocycles. The van der Waals surface area contributed by atoms with E-state index in [1.807, 2.05) is 12.1 Å². The zero-order chi connectivity index (χ0) is 17.6. The highest BCUT2D eigenvalue weighted by atomic mass is 16.7. The average Bonchev–Trinajstić information content (AvgIpc) is 3.05. The Morgan fingerprint density at radius 1 is 1.08 bits per heavy atom. The van der Waals surface area contributed by atoms with Gasteiger partial charge >= 0.3 is 0 Å². The SMILES string of the molecule is COc1c(CO)c(CO)cc2c1CC[C@H](C)c1cc3c(cc1-2)OCO3. The molecule has 1 atom stereocenters. The van der Waals surface area contributed by atoms with E-state index in [1.54, 1.807) is 7.11 Å². The fourth-order valence-corrected chi connectivity index (χ4v) is 3.96. The first-order valence-corrected chi connectivity index (χ1v) is 8.55. The van der Waals surface area contributed by atoms with Crippen molar-refractivity contribution in [3.8, 4) is 28.4 Å². The van der Waals surface area contributed by atoms with E-state index in [4.69, 9.17) is 14.2 Å². The van der Waals surface area contributed by atoms with Gasteiger partial charge in [0.15, 0.2) is 11.5 Å². The molecule has 5 nitrogen and oxygen atoms in total. The van der Waals surface area contributed by atoms with Crippen molar-refractivity contribution in [2.45, 2.75) is 38.9 Å². The summed E-state index contributed by atoms with van der Waals surface area (Å²) in [5.41, 5.74) is 5.77. The number of aliphatic hydroxyl groups excluding tert-OH is 2. The van der Waals surface area contributed by atoms with E-state index >= 15 is 0 Å². The van der Waals surface area contributed by atoms with Crippen molar-refractivity contribution in [3.63, 3.8) is 0 Å². The van der Waals surface area contributed by atoms with E-state index in [0.717, 1.165) is 41.0 Å². The Hall–Kier alpha value is -2.24. The second-order valence-corrected chi connectivity index (χ2v) is 6.62. The summed E-state index contributed by atoms with van der Waals surface area (Å²) in [4.78, 5) is 0. The lowest BCUT2D eigenvalue weighted by Gasteiger charge is -2.19. The molecule has 2 aromatic carbocycles. The molecule has 5 heteroatoms. The van der Waals surface area contributed by atoms with Gasteiger partial charge in [0.05, 0.1) is 20.3 Å². The number of hydrogen-bond donors (Lipinski definition) is 2. The van der Waals surface area contributed by atoms with Crippen LogP contribution in [0.25, 0.3) is 11.1 Å². The Morgan fingerprint density at radius 2 is 1.84 bits per heavy atom. The molecule has 2 aliphatic rings. The summed E-state index contributed by atoms with van der Waals surface area (Å²) in [6, 6.07) is 6.07. The van der Waals surface area contributed by atoms with Crippen LogP contribution in [0, 0.1) is 0 Å². The number of rotatable bonds is 3. The zero-order valence-electron chi connectivity index (χ0n) is 14.5.